The summed E-state index contributed by atoms with van der Waals surface area (Å²) in [6.07, 6.45) is 5.85. The summed E-state index contributed by atoms with van der Waals surface area (Å²) in [5.41, 5.74) is 1.53. The Hall–Kier alpha value is -3.24. The van der Waals surface area contributed by atoms with Crippen molar-refractivity contribution in [2.75, 3.05) is 0 Å². The SMILES string of the molecule is CC(C)c1nccn1S(=O)(=O)c1ccc(-c2ccc(S(=O)(=O)n3ccnc3C(C)C)cc2)cc1. The monoisotopic (exact) mass is 498 g/mol. The van der Waals surface area contributed by atoms with Gasteiger partial charge in [-0.1, -0.05) is 52.0 Å². The molecule has 0 fully saturated rings. The number of aromatic nitrogens is 4. The summed E-state index contributed by atoms with van der Waals surface area (Å²) in [5.74, 6) is 0.856. The number of rotatable bonds is 7. The van der Waals surface area contributed by atoms with Gasteiger partial charge in [0.1, 0.15) is 11.6 Å². The van der Waals surface area contributed by atoms with E-state index < -0.39 is 20.0 Å². The van der Waals surface area contributed by atoms with Gasteiger partial charge in [0.05, 0.1) is 9.79 Å². The van der Waals surface area contributed by atoms with Crippen LogP contribution in [-0.4, -0.2) is 34.7 Å². The largest absolute Gasteiger partial charge is 0.269 e. The highest BCUT2D eigenvalue weighted by molar-refractivity contribution is 7.90. The lowest BCUT2D eigenvalue weighted by Crippen LogP contribution is -2.16. The van der Waals surface area contributed by atoms with Gasteiger partial charge >= 0.3 is 0 Å². The fourth-order valence-electron chi connectivity index (χ4n) is 3.69. The lowest BCUT2D eigenvalue weighted by atomic mass is 10.1. The van der Waals surface area contributed by atoms with Gasteiger partial charge in [-0.3, -0.25) is 0 Å². The quantitative estimate of drug-likeness (QED) is 0.372. The van der Waals surface area contributed by atoms with Gasteiger partial charge in [0.25, 0.3) is 20.0 Å². The number of imidazole rings is 2. The van der Waals surface area contributed by atoms with E-state index in [0.717, 1.165) is 11.1 Å². The van der Waals surface area contributed by atoms with Crippen molar-refractivity contribution in [2.45, 2.75) is 49.3 Å². The standard InChI is InChI=1S/C24H26N4O4S2/c1-17(2)23-25-13-15-27(23)33(29,30)21-9-5-19(6-10-21)20-7-11-22(12-8-20)34(31,32)28-16-14-26-24(28)18(3)4/h5-18H,1-4H3. The number of hydrogen-bond acceptors (Lipinski definition) is 6. The Morgan fingerprint density at radius 3 is 1.21 bits per heavy atom. The molecule has 0 spiro atoms. The van der Waals surface area contributed by atoms with Crippen LogP contribution in [0.4, 0.5) is 0 Å². The average Bonchev–Trinajstić information content (AvgIpc) is 3.50. The third-order valence-electron chi connectivity index (χ3n) is 5.46. The number of benzene rings is 2. The van der Waals surface area contributed by atoms with E-state index in [2.05, 4.69) is 9.97 Å². The van der Waals surface area contributed by atoms with Crippen molar-refractivity contribution < 1.29 is 16.8 Å². The van der Waals surface area contributed by atoms with E-state index in [1.165, 1.54) is 32.7 Å². The normalized spacial score (nSPS) is 12.5. The zero-order valence-corrected chi connectivity index (χ0v) is 21.0. The molecule has 2 aromatic carbocycles. The molecule has 0 saturated carbocycles. The van der Waals surface area contributed by atoms with Crippen LogP contribution in [0, 0.1) is 0 Å². The van der Waals surface area contributed by atoms with Gasteiger partial charge < -0.3 is 0 Å². The summed E-state index contributed by atoms with van der Waals surface area (Å²) in [5, 5.41) is 0. The molecule has 0 unspecified atom stereocenters. The molecule has 0 saturated heterocycles. The lowest BCUT2D eigenvalue weighted by molar-refractivity contribution is 0.580. The smallest absolute Gasteiger partial charge is 0.240 e. The van der Waals surface area contributed by atoms with Crippen LogP contribution in [0.2, 0.25) is 0 Å². The predicted octanol–water partition coefficient (Wildman–Crippen LogP) is 4.47. The van der Waals surface area contributed by atoms with Crippen molar-refractivity contribution in [1.82, 2.24) is 17.9 Å². The highest BCUT2D eigenvalue weighted by Gasteiger charge is 2.23. The minimum Gasteiger partial charge on any atom is -0.240 e. The van der Waals surface area contributed by atoms with E-state index in [1.807, 2.05) is 27.7 Å². The molecule has 4 rings (SSSR count). The molecule has 0 radical (unpaired) electrons. The number of hydrogen-bond donors (Lipinski definition) is 0. The molecule has 178 valence electrons. The Labute approximate surface area is 200 Å². The van der Waals surface area contributed by atoms with Crippen molar-refractivity contribution in [1.29, 1.82) is 0 Å². The maximum Gasteiger partial charge on any atom is 0.269 e. The first-order valence-electron chi connectivity index (χ1n) is 10.8. The van der Waals surface area contributed by atoms with E-state index in [4.69, 9.17) is 0 Å². The zero-order valence-electron chi connectivity index (χ0n) is 19.3. The van der Waals surface area contributed by atoms with Crippen LogP contribution in [0.25, 0.3) is 11.1 Å². The lowest BCUT2D eigenvalue weighted by Gasteiger charge is -2.13. The Bertz CT molecular complexity index is 1400. The van der Waals surface area contributed by atoms with E-state index in [0.29, 0.717) is 11.6 Å². The van der Waals surface area contributed by atoms with Crippen LogP contribution in [0.5, 0.6) is 0 Å². The van der Waals surface area contributed by atoms with Gasteiger partial charge in [0, 0.05) is 36.6 Å². The molecular formula is C24H26N4O4S2. The molecule has 0 aliphatic carbocycles. The van der Waals surface area contributed by atoms with Gasteiger partial charge in [-0.15, -0.1) is 0 Å². The van der Waals surface area contributed by atoms with E-state index in [9.17, 15) is 16.8 Å². The van der Waals surface area contributed by atoms with Crippen LogP contribution >= 0.6 is 0 Å². The second-order valence-corrected chi connectivity index (χ2v) is 12.2. The van der Waals surface area contributed by atoms with Crippen LogP contribution in [0.3, 0.4) is 0 Å². The second-order valence-electron chi connectivity index (χ2n) is 8.53. The molecule has 0 atom stereocenters. The maximum absolute atomic E-state index is 13.1. The summed E-state index contributed by atoms with van der Waals surface area (Å²) in [6.45, 7) is 7.55. The summed E-state index contributed by atoms with van der Waals surface area (Å²) >= 11 is 0. The summed E-state index contributed by atoms with van der Waals surface area (Å²) in [7, 11) is -7.53. The minimum atomic E-state index is -3.77. The first kappa shape index (κ1) is 23.9. The van der Waals surface area contributed by atoms with Gasteiger partial charge in [0.15, 0.2) is 0 Å². The molecular weight excluding hydrogens is 472 g/mol. The molecule has 2 heterocycles. The zero-order chi connectivity index (χ0) is 24.7. The molecule has 0 aliphatic rings. The molecule has 0 amide bonds. The molecule has 10 heteroatoms. The van der Waals surface area contributed by atoms with Crippen molar-refractivity contribution in [3.8, 4) is 11.1 Å². The van der Waals surface area contributed by atoms with Gasteiger partial charge in [-0.25, -0.2) is 34.7 Å². The first-order valence-corrected chi connectivity index (χ1v) is 13.7. The topological polar surface area (TPSA) is 104 Å². The Kier molecular flexibility index (Phi) is 6.22. The van der Waals surface area contributed by atoms with Crippen LogP contribution in [0.15, 0.2) is 83.1 Å². The maximum atomic E-state index is 13.1. The predicted molar refractivity (Wildman–Crippen MR) is 130 cm³/mol. The van der Waals surface area contributed by atoms with E-state index >= 15 is 0 Å². The fraction of sp³-hybridized carbons (Fsp3) is 0.250. The van der Waals surface area contributed by atoms with Crippen molar-refractivity contribution >= 4 is 20.0 Å². The minimum absolute atomic E-state index is 0.0437. The Morgan fingerprint density at radius 1 is 0.588 bits per heavy atom. The van der Waals surface area contributed by atoms with E-state index in [-0.39, 0.29) is 21.6 Å². The summed E-state index contributed by atoms with van der Waals surface area (Å²) in [4.78, 5) is 8.63. The third-order valence-corrected chi connectivity index (χ3v) is 8.85. The summed E-state index contributed by atoms with van der Waals surface area (Å²) < 4.78 is 54.6. The van der Waals surface area contributed by atoms with Crippen molar-refractivity contribution in [3.63, 3.8) is 0 Å². The average molecular weight is 499 g/mol. The Balaban J connectivity index is 1.62. The van der Waals surface area contributed by atoms with E-state index in [1.54, 1.807) is 48.5 Å². The third kappa shape index (κ3) is 4.19. The molecule has 0 bridgehead atoms. The molecule has 0 aliphatic heterocycles. The number of nitrogens with zero attached hydrogens (tertiary/aromatic N) is 4. The second kappa shape index (κ2) is 8.84. The fourth-order valence-corrected chi connectivity index (χ4v) is 6.54. The highest BCUT2D eigenvalue weighted by Crippen LogP contribution is 2.26. The van der Waals surface area contributed by atoms with Crippen LogP contribution < -0.4 is 0 Å². The molecule has 0 N–H and O–H groups in total. The highest BCUT2D eigenvalue weighted by atomic mass is 32.2. The van der Waals surface area contributed by atoms with Crippen molar-refractivity contribution in [2.24, 2.45) is 0 Å². The van der Waals surface area contributed by atoms with Gasteiger partial charge in [-0.05, 0) is 35.4 Å². The molecule has 34 heavy (non-hydrogen) atoms. The van der Waals surface area contributed by atoms with Crippen molar-refractivity contribution in [3.05, 3.63) is 85.0 Å². The molecule has 2 aromatic heterocycles. The summed E-state index contributed by atoms with van der Waals surface area (Å²) in [6, 6.07) is 13.0. The van der Waals surface area contributed by atoms with Crippen LogP contribution in [0.1, 0.15) is 51.2 Å². The molecule has 8 nitrogen and oxygen atoms in total. The Morgan fingerprint density at radius 2 is 0.912 bits per heavy atom. The van der Waals surface area contributed by atoms with Crippen LogP contribution in [-0.2, 0) is 20.0 Å². The van der Waals surface area contributed by atoms with Gasteiger partial charge in [-0.2, -0.15) is 0 Å². The van der Waals surface area contributed by atoms with Gasteiger partial charge in [0.2, 0.25) is 0 Å². The first-order chi connectivity index (χ1) is 16.0. The molecule has 4 aromatic rings.